The second-order valence-corrected chi connectivity index (χ2v) is 4.03. The summed E-state index contributed by atoms with van der Waals surface area (Å²) in [7, 11) is 0. The molecule has 0 saturated carbocycles. The fourth-order valence-corrected chi connectivity index (χ4v) is 1.57. The second-order valence-electron chi connectivity index (χ2n) is 4.03. The standard InChI is InChI=1S/C11H20O5/c1-2-3-4-5-15-7-9-11(14)10(13)8(12)6-16-9/h9-11,13-14H,2-7H2,1H3/t9-,10-,11-/m1/s1. The Kier molecular flexibility index (Phi) is 5.90. The molecule has 1 rings (SSSR count). The van der Waals surface area contributed by atoms with E-state index in [1.54, 1.807) is 0 Å². The van der Waals surface area contributed by atoms with Crippen molar-refractivity contribution in [3.63, 3.8) is 0 Å². The van der Waals surface area contributed by atoms with Crippen LogP contribution in [-0.4, -0.2) is 54.1 Å². The molecule has 1 aliphatic heterocycles. The van der Waals surface area contributed by atoms with Gasteiger partial charge in [-0.05, 0) is 6.42 Å². The minimum absolute atomic E-state index is 0.152. The first-order valence-corrected chi connectivity index (χ1v) is 5.75. The Morgan fingerprint density at radius 3 is 2.88 bits per heavy atom. The van der Waals surface area contributed by atoms with E-state index in [0.29, 0.717) is 6.61 Å². The smallest absolute Gasteiger partial charge is 0.189 e. The van der Waals surface area contributed by atoms with Gasteiger partial charge < -0.3 is 19.7 Å². The summed E-state index contributed by atoms with van der Waals surface area (Å²) >= 11 is 0. The third kappa shape index (κ3) is 3.83. The molecule has 3 atom stereocenters. The molecule has 1 aliphatic rings. The molecule has 0 bridgehead atoms. The molecule has 5 nitrogen and oxygen atoms in total. The van der Waals surface area contributed by atoms with Gasteiger partial charge in [0.05, 0.1) is 6.61 Å². The van der Waals surface area contributed by atoms with E-state index >= 15 is 0 Å². The fraction of sp³-hybridized carbons (Fsp3) is 0.909. The van der Waals surface area contributed by atoms with Crippen molar-refractivity contribution in [1.82, 2.24) is 0 Å². The number of hydrogen-bond acceptors (Lipinski definition) is 5. The minimum atomic E-state index is -1.34. The maximum Gasteiger partial charge on any atom is 0.189 e. The van der Waals surface area contributed by atoms with Gasteiger partial charge in [0.1, 0.15) is 24.9 Å². The van der Waals surface area contributed by atoms with Crippen LogP contribution < -0.4 is 0 Å². The van der Waals surface area contributed by atoms with E-state index in [2.05, 4.69) is 6.92 Å². The minimum Gasteiger partial charge on any atom is -0.387 e. The lowest BCUT2D eigenvalue weighted by molar-refractivity contribution is -0.173. The average molecular weight is 232 g/mol. The lowest BCUT2D eigenvalue weighted by atomic mass is 10.0. The summed E-state index contributed by atoms with van der Waals surface area (Å²) in [5.74, 6) is -0.477. The van der Waals surface area contributed by atoms with Crippen LogP contribution in [0.15, 0.2) is 0 Å². The molecule has 94 valence electrons. The molecular formula is C11H20O5. The zero-order valence-electron chi connectivity index (χ0n) is 9.59. The highest BCUT2D eigenvalue weighted by atomic mass is 16.5. The maximum absolute atomic E-state index is 11.0. The molecule has 0 aliphatic carbocycles. The average Bonchev–Trinajstić information content (AvgIpc) is 2.28. The van der Waals surface area contributed by atoms with Gasteiger partial charge in [0, 0.05) is 6.61 Å². The fourth-order valence-electron chi connectivity index (χ4n) is 1.57. The number of carbonyl (C=O) groups excluding carboxylic acids is 1. The van der Waals surface area contributed by atoms with Crippen LogP contribution in [-0.2, 0) is 14.3 Å². The molecule has 0 aromatic carbocycles. The first-order chi connectivity index (χ1) is 7.66. The normalized spacial score (nSPS) is 30.7. The molecule has 1 saturated heterocycles. The van der Waals surface area contributed by atoms with Gasteiger partial charge >= 0.3 is 0 Å². The zero-order chi connectivity index (χ0) is 12.0. The predicted octanol–water partition coefficient (Wildman–Crippen LogP) is -0.117. The number of Topliss-reactive ketones (excluding diaryl/α,β-unsaturated/α-hetero) is 1. The topological polar surface area (TPSA) is 76.0 Å². The summed E-state index contributed by atoms with van der Waals surface area (Å²) in [5.41, 5.74) is 0. The molecule has 0 spiro atoms. The van der Waals surface area contributed by atoms with Crippen molar-refractivity contribution in [2.75, 3.05) is 19.8 Å². The van der Waals surface area contributed by atoms with Gasteiger partial charge in [0.2, 0.25) is 0 Å². The number of aliphatic hydroxyl groups excluding tert-OH is 2. The van der Waals surface area contributed by atoms with Gasteiger partial charge in [-0.1, -0.05) is 19.8 Å². The zero-order valence-corrected chi connectivity index (χ0v) is 9.59. The van der Waals surface area contributed by atoms with E-state index < -0.39 is 24.1 Å². The summed E-state index contributed by atoms with van der Waals surface area (Å²) in [6, 6.07) is 0. The molecule has 1 fully saturated rings. The van der Waals surface area contributed by atoms with Gasteiger partial charge in [-0.15, -0.1) is 0 Å². The van der Waals surface area contributed by atoms with Gasteiger partial charge in [-0.25, -0.2) is 0 Å². The summed E-state index contributed by atoms with van der Waals surface area (Å²) in [5, 5.41) is 18.9. The molecule has 0 amide bonds. The van der Waals surface area contributed by atoms with Gasteiger partial charge in [-0.2, -0.15) is 0 Å². The van der Waals surface area contributed by atoms with Crippen molar-refractivity contribution >= 4 is 5.78 Å². The molecule has 0 aromatic rings. The summed E-state index contributed by atoms with van der Waals surface area (Å²) < 4.78 is 10.4. The predicted molar refractivity (Wildman–Crippen MR) is 57.1 cm³/mol. The van der Waals surface area contributed by atoms with E-state index in [-0.39, 0.29) is 13.2 Å². The first-order valence-electron chi connectivity index (χ1n) is 5.75. The van der Waals surface area contributed by atoms with Crippen LogP contribution in [0, 0.1) is 0 Å². The van der Waals surface area contributed by atoms with Crippen LogP contribution in [0.5, 0.6) is 0 Å². The Labute approximate surface area is 95.4 Å². The van der Waals surface area contributed by atoms with E-state index in [0.717, 1.165) is 19.3 Å². The number of hydrogen-bond donors (Lipinski definition) is 2. The molecule has 0 unspecified atom stereocenters. The highest BCUT2D eigenvalue weighted by Gasteiger charge is 2.37. The molecular weight excluding hydrogens is 212 g/mol. The Bertz CT molecular complexity index is 218. The molecule has 0 radical (unpaired) electrons. The van der Waals surface area contributed by atoms with Crippen molar-refractivity contribution in [1.29, 1.82) is 0 Å². The van der Waals surface area contributed by atoms with Crippen molar-refractivity contribution in [2.45, 2.75) is 44.5 Å². The van der Waals surface area contributed by atoms with Gasteiger partial charge in [0.15, 0.2) is 5.78 Å². The van der Waals surface area contributed by atoms with Crippen molar-refractivity contribution < 1.29 is 24.5 Å². The summed E-state index contributed by atoms with van der Waals surface area (Å²) in [6.45, 7) is 2.79. The van der Waals surface area contributed by atoms with Crippen molar-refractivity contribution in [2.24, 2.45) is 0 Å². The van der Waals surface area contributed by atoms with E-state index in [9.17, 15) is 15.0 Å². The van der Waals surface area contributed by atoms with Crippen LogP contribution >= 0.6 is 0 Å². The Morgan fingerprint density at radius 1 is 1.44 bits per heavy atom. The lowest BCUT2D eigenvalue weighted by Crippen LogP contribution is -2.52. The number of ether oxygens (including phenoxy) is 2. The quantitative estimate of drug-likeness (QED) is 0.625. The number of ketones is 1. The molecule has 16 heavy (non-hydrogen) atoms. The monoisotopic (exact) mass is 232 g/mol. The number of aliphatic hydroxyl groups is 2. The van der Waals surface area contributed by atoms with Gasteiger partial charge in [-0.3, -0.25) is 4.79 Å². The number of unbranched alkanes of at least 4 members (excludes halogenated alkanes) is 2. The summed E-state index contributed by atoms with van der Waals surface area (Å²) in [6.07, 6.45) is 0.0921. The molecule has 1 heterocycles. The lowest BCUT2D eigenvalue weighted by Gasteiger charge is -2.30. The van der Waals surface area contributed by atoms with Crippen molar-refractivity contribution in [3.8, 4) is 0 Å². The van der Waals surface area contributed by atoms with Crippen LogP contribution in [0.4, 0.5) is 0 Å². The van der Waals surface area contributed by atoms with Crippen LogP contribution in [0.25, 0.3) is 0 Å². The first kappa shape index (κ1) is 13.6. The number of rotatable bonds is 6. The van der Waals surface area contributed by atoms with Crippen LogP contribution in [0.1, 0.15) is 26.2 Å². The SMILES string of the molecule is CCCCCOC[C@H]1OCC(=O)[C@@H](O)[C@@H]1O. The van der Waals surface area contributed by atoms with Crippen LogP contribution in [0.2, 0.25) is 0 Å². The Hall–Kier alpha value is -0.490. The van der Waals surface area contributed by atoms with E-state index in [4.69, 9.17) is 9.47 Å². The third-order valence-electron chi connectivity index (χ3n) is 2.65. The Balaban J connectivity index is 2.19. The number of carbonyl (C=O) groups is 1. The van der Waals surface area contributed by atoms with Crippen LogP contribution in [0.3, 0.4) is 0 Å². The maximum atomic E-state index is 11.0. The molecule has 5 heteroatoms. The second kappa shape index (κ2) is 6.96. The molecule has 2 N–H and O–H groups in total. The molecule has 0 aromatic heterocycles. The highest BCUT2D eigenvalue weighted by molar-refractivity contribution is 5.85. The Morgan fingerprint density at radius 2 is 2.19 bits per heavy atom. The van der Waals surface area contributed by atoms with E-state index in [1.807, 2.05) is 0 Å². The van der Waals surface area contributed by atoms with Gasteiger partial charge in [0.25, 0.3) is 0 Å². The third-order valence-corrected chi connectivity index (χ3v) is 2.65. The van der Waals surface area contributed by atoms with Crippen molar-refractivity contribution in [3.05, 3.63) is 0 Å². The van der Waals surface area contributed by atoms with E-state index in [1.165, 1.54) is 0 Å². The highest BCUT2D eigenvalue weighted by Crippen LogP contribution is 2.13. The summed E-state index contributed by atoms with van der Waals surface area (Å²) in [4.78, 5) is 11.0. The largest absolute Gasteiger partial charge is 0.387 e.